The minimum atomic E-state index is -1.64. The monoisotopic (exact) mass is 324 g/mol. The second-order valence-electron chi connectivity index (χ2n) is 7.02. The first-order chi connectivity index (χ1) is 11.1. The van der Waals surface area contributed by atoms with Gasteiger partial charge in [-0.05, 0) is 25.9 Å². The molecule has 0 amide bonds. The van der Waals surface area contributed by atoms with Crippen molar-refractivity contribution in [3.8, 4) is 0 Å². The molecule has 0 N–H and O–H groups in total. The molecule has 2 rings (SSSR count). The standard InChI is InChI=1S/C22H32Si/c1-5-7-17-23(18-8-6-2,21-13-9-19(3)10-14-21)22-15-11-20(4)12-16-22/h9-16H,5-8,17-18H2,1-4H3. The van der Waals surface area contributed by atoms with Gasteiger partial charge in [0.25, 0.3) is 0 Å². The number of aryl methyl sites for hydroxylation is 2. The Morgan fingerprint density at radius 1 is 0.609 bits per heavy atom. The summed E-state index contributed by atoms with van der Waals surface area (Å²) in [6, 6.07) is 21.7. The summed E-state index contributed by atoms with van der Waals surface area (Å²) >= 11 is 0. The maximum atomic E-state index is 2.42. The first-order valence-corrected chi connectivity index (χ1v) is 11.7. The molecule has 2 aromatic rings. The fraction of sp³-hybridized carbons (Fsp3) is 0.455. The molecule has 0 atom stereocenters. The Kier molecular flexibility index (Phi) is 6.65. The van der Waals surface area contributed by atoms with E-state index in [1.165, 1.54) is 48.9 Å². The third-order valence-corrected chi connectivity index (χ3v) is 10.4. The van der Waals surface area contributed by atoms with Crippen LogP contribution >= 0.6 is 0 Å². The number of benzene rings is 2. The maximum Gasteiger partial charge on any atom is 0.118 e. The van der Waals surface area contributed by atoms with E-state index in [-0.39, 0.29) is 0 Å². The van der Waals surface area contributed by atoms with Crippen LogP contribution in [0.1, 0.15) is 50.7 Å². The van der Waals surface area contributed by atoms with Crippen LogP contribution in [0, 0.1) is 13.8 Å². The van der Waals surface area contributed by atoms with E-state index in [2.05, 4.69) is 76.2 Å². The van der Waals surface area contributed by atoms with Gasteiger partial charge in [0.2, 0.25) is 0 Å². The SMILES string of the molecule is CCCC[Si](CCCC)(c1ccc(C)cc1)c1ccc(C)cc1. The van der Waals surface area contributed by atoms with Gasteiger partial charge in [0.15, 0.2) is 0 Å². The maximum absolute atomic E-state index is 2.42. The summed E-state index contributed by atoms with van der Waals surface area (Å²) in [4.78, 5) is 0. The van der Waals surface area contributed by atoms with E-state index in [1.54, 1.807) is 10.4 Å². The third-order valence-electron chi connectivity index (χ3n) is 5.12. The molecule has 0 aromatic heterocycles. The Balaban J connectivity index is 2.52. The molecule has 0 aliphatic carbocycles. The fourth-order valence-electron chi connectivity index (χ4n) is 3.57. The van der Waals surface area contributed by atoms with Gasteiger partial charge in [-0.2, -0.15) is 0 Å². The second kappa shape index (κ2) is 8.49. The molecule has 2 aromatic carbocycles. The Morgan fingerprint density at radius 3 is 1.26 bits per heavy atom. The summed E-state index contributed by atoms with van der Waals surface area (Å²) < 4.78 is 0. The van der Waals surface area contributed by atoms with E-state index in [1.807, 2.05) is 0 Å². The van der Waals surface area contributed by atoms with Gasteiger partial charge in [-0.1, -0.05) is 110 Å². The second-order valence-corrected chi connectivity index (χ2v) is 11.3. The Hall–Kier alpha value is -1.34. The molecular formula is C22H32Si. The first-order valence-electron chi connectivity index (χ1n) is 9.26. The lowest BCUT2D eigenvalue weighted by Gasteiger charge is -2.33. The van der Waals surface area contributed by atoms with Gasteiger partial charge in [0.1, 0.15) is 8.07 Å². The van der Waals surface area contributed by atoms with Crippen LogP contribution in [-0.4, -0.2) is 8.07 Å². The van der Waals surface area contributed by atoms with E-state index >= 15 is 0 Å². The highest BCUT2D eigenvalue weighted by molar-refractivity contribution is 7.02. The van der Waals surface area contributed by atoms with Gasteiger partial charge in [0.05, 0.1) is 0 Å². The molecule has 23 heavy (non-hydrogen) atoms. The zero-order chi connectivity index (χ0) is 16.7. The van der Waals surface area contributed by atoms with Crippen LogP contribution in [0.25, 0.3) is 0 Å². The van der Waals surface area contributed by atoms with Gasteiger partial charge in [-0.3, -0.25) is 0 Å². The molecule has 1 heteroatoms. The van der Waals surface area contributed by atoms with Crippen LogP contribution in [0.4, 0.5) is 0 Å². The zero-order valence-electron chi connectivity index (χ0n) is 15.4. The summed E-state index contributed by atoms with van der Waals surface area (Å²) in [5, 5.41) is 3.27. The Bertz CT molecular complexity index is 525. The van der Waals surface area contributed by atoms with Gasteiger partial charge in [0, 0.05) is 0 Å². The van der Waals surface area contributed by atoms with Crippen LogP contribution < -0.4 is 10.4 Å². The molecule has 0 saturated heterocycles. The predicted molar refractivity (Wildman–Crippen MR) is 107 cm³/mol. The largest absolute Gasteiger partial charge is 0.118 e. The van der Waals surface area contributed by atoms with Crippen molar-refractivity contribution in [3.63, 3.8) is 0 Å². The van der Waals surface area contributed by atoms with Crippen molar-refractivity contribution in [3.05, 3.63) is 59.7 Å². The van der Waals surface area contributed by atoms with Crippen molar-refractivity contribution in [1.29, 1.82) is 0 Å². The van der Waals surface area contributed by atoms with Crippen LogP contribution in [0.3, 0.4) is 0 Å². The first kappa shape index (κ1) is 18.0. The van der Waals surface area contributed by atoms with E-state index < -0.39 is 8.07 Å². The molecule has 0 saturated carbocycles. The zero-order valence-corrected chi connectivity index (χ0v) is 16.4. The molecule has 0 aliphatic heterocycles. The van der Waals surface area contributed by atoms with E-state index in [0.717, 1.165) is 0 Å². The predicted octanol–water partition coefficient (Wildman–Crippen LogP) is 5.47. The number of unbranched alkanes of at least 4 members (excludes halogenated alkanes) is 2. The number of hydrogen-bond acceptors (Lipinski definition) is 0. The number of rotatable bonds is 8. The molecule has 0 fully saturated rings. The molecule has 0 heterocycles. The quantitative estimate of drug-likeness (QED) is 0.565. The number of hydrogen-bond donors (Lipinski definition) is 0. The molecule has 0 radical (unpaired) electrons. The summed E-state index contributed by atoms with van der Waals surface area (Å²) in [6.45, 7) is 9.03. The lowest BCUT2D eigenvalue weighted by Crippen LogP contribution is -2.58. The average molecular weight is 325 g/mol. The Morgan fingerprint density at radius 2 is 0.957 bits per heavy atom. The molecule has 0 nitrogen and oxygen atoms in total. The van der Waals surface area contributed by atoms with Crippen LogP contribution in [0.2, 0.25) is 12.1 Å². The van der Waals surface area contributed by atoms with Gasteiger partial charge in [-0.15, -0.1) is 0 Å². The summed E-state index contributed by atoms with van der Waals surface area (Å²) in [6.07, 6.45) is 5.27. The highest BCUT2D eigenvalue weighted by atomic mass is 28.3. The van der Waals surface area contributed by atoms with Crippen LogP contribution in [0.5, 0.6) is 0 Å². The molecule has 124 valence electrons. The van der Waals surface area contributed by atoms with E-state index in [9.17, 15) is 0 Å². The van der Waals surface area contributed by atoms with Crippen molar-refractivity contribution >= 4 is 18.4 Å². The van der Waals surface area contributed by atoms with Crippen molar-refractivity contribution in [2.75, 3.05) is 0 Å². The Labute approximate surface area is 144 Å². The lowest BCUT2D eigenvalue weighted by atomic mass is 10.2. The lowest BCUT2D eigenvalue weighted by molar-refractivity contribution is 0.838. The van der Waals surface area contributed by atoms with Gasteiger partial charge < -0.3 is 0 Å². The van der Waals surface area contributed by atoms with Gasteiger partial charge in [-0.25, -0.2) is 0 Å². The molecule has 0 aliphatic rings. The van der Waals surface area contributed by atoms with Crippen molar-refractivity contribution in [1.82, 2.24) is 0 Å². The van der Waals surface area contributed by atoms with Crippen molar-refractivity contribution in [2.24, 2.45) is 0 Å². The molecule has 0 unspecified atom stereocenters. The van der Waals surface area contributed by atoms with Crippen molar-refractivity contribution < 1.29 is 0 Å². The van der Waals surface area contributed by atoms with Gasteiger partial charge >= 0.3 is 0 Å². The third kappa shape index (κ3) is 4.35. The average Bonchev–Trinajstić information content (AvgIpc) is 2.57. The van der Waals surface area contributed by atoms with Crippen LogP contribution in [0.15, 0.2) is 48.5 Å². The summed E-state index contributed by atoms with van der Waals surface area (Å²) in [5.41, 5.74) is 2.73. The van der Waals surface area contributed by atoms with E-state index in [4.69, 9.17) is 0 Å². The minimum absolute atomic E-state index is 1.29. The highest BCUT2D eigenvalue weighted by Crippen LogP contribution is 2.23. The fourth-order valence-corrected chi connectivity index (χ4v) is 8.83. The molecular weight excluding hydrogens is 292 g/mol. The minimum Gasteiger partial charge on any atom is -0.0654 e. The topological polar surface area (TPSA) is 0 Å². The van der Waals surface area contributed by atoms with E-state index in [0.29, 0.717) is 0 Å². The van der Waals surface area contributed by atoms with Crippen molar-refractivity contribution in [2.45, 2.75) is 65.5 Å². The summed E-state index contributed by atoms with van der Waals surface area (Å²) in [5.74, 6) is 0. The smallest absolute Gasteiger partial charge is 0.0654 e. The molecule has 0 spiro atoms. The highest BCUT2D eigenvalue weighted by Gasteiger charge is 2.35. The van der Waals surface area contributed by atoms with Crippen LogP contribution in [-0.2, 0) is 0 Å². The normalized spacial score (nSPS) is 11.7. The summed E-state index contributed by atoms with van der Waals surface area (Å²) in [7, 11) is -1.64. The molecule has 0 bridgehead atoms.